The van der Waals surface area contributed by atoms with Gasteiger partial charge < -0.3 is 10.1 Å². The molecule has 3 aromatic rings. The summed E-state index contributed by atoms with van der Waals surface area (Å²) in [5.74, 6) is 0.784. The number of methoxy groups -OCH3 is 1. The van der Waals surface area contributed by atoms with E-state index in [9.17, 15) is 4.79 Å². The number of benzene rings is 2. The monoisotopic (exact) mass is 323 g/mol. The predicted octanol–water partition coefficient (Wildman–Crippen LogP) is 3.69. The molecule has 1 aromatic heterocycles. The lowest BCUT2D eigenvalue weighted by molar-refractivity contribution is -0.116. The van der Waals surface area contributed by atoms with Crippen molar-refractivity contribution >= 4 is 22.5 Å². The lowest BCUT2D eigenvalue weighted by Crippen LogP contribution is -2.15. The Bertz CT molecular complexity index is 863. The van der Waals surface area contributed by atoms with Gasteiger partial charge in [0.05, 0.1) is 25.4 Å². The van der Waals surface area contributed by atoms with Crippen LogP contribution < -0.4 is 10.1 Å². The fraction of sp³-hybridized carbons (Fsp3) is 0.263. The van der Waals surface area contributed by atoms with Crippen LogP contribution in [0.1, 0.15) is 17.5 Å². The van der Waals surface area contributed by atoms with E-state index < -0.39 is 0 Å². The maximum atomic E-state index is 12.2. The highest BCUT2D eigenvalue weighted by Gasteiger charge is 2.08. The van der Waals surface area contributed by atoms with E-state index in [0.29, 0.717) is 13.0 Å². The molecule has 0 atom stereocenters. The summed E-state index contributed by atoms with van der Waals surface area (Å²) in [6.45, 7) is 4.58. The second-order valence-electron chi connectivity index (χ2n) is 5.97. The molecular formula is C19H21N3O2. The normalized spacial score (nSPS) is 10.8. The molecule has 24 heavy (non-hydrogen) atoms. The Hall–Kier alpha value is -2.82. The largest absolute Gasteiger partial charge is 0.497 e. The first-order chi connectivity index (χ1) is 11.5. The molecule has 5 nitrogen and oxygen atoms in total. The number of nitrogens with one attached hydrogen (secondary N) is 1. The summed E-state index contributed by atoms with van der Waals surface area (Å²) in [4.78, 5) is 12.2. The Kier molecular flexibility index (Phi) is 4.51. The standard InChI is InChI=1S/C19H21N3O2/c1-13-8-14(2)10-16(9-13)21-19(23)6-7-22-18-5-4-17(24-3)11-15(18)12-20-22/h4-5,8-12H,6-7H2,1-3H3,(H,21,23). The summed E-state index contributed by atoms with van der Waals surface area (Å²) < 4.78 is 7.06. The van der Waals surface area contributed by atoms with Crippen LogP contribution in [-0.2, 0) is 11.3 Å². The number of anilines is 1. The first-order valence-corrected chi connectivity index (χ1v) is 7.93. The van der Waals surface area contributed by atoms with Gasteiger partial charge in [0.2, 0.25) is 5.91 Å². The number of nitrogens with zero attached hydrogens (tertiary/aromatic N) is 2. The number of rotatable bonds is 5. The van der Waals surface area contributed by atoms with Crippen LogP contribution in [0.5, 0.6) is 5.75 Å². The van der Waals surface area contributed by atoms with Crippen LogP contribution in [0.2, 0.25) is 0 Å². The fourth-order valence-corrected chi connectivity index (χ4v) is 2.85. The van der Waals surface area contributed by atoms with Crippen molar-refractivity contribution in [3.63, 3.8) is 0 Å². The molecule has 0 unspecified atom stereocenters. The Morgan fingerprint density at radius 2 is 1.92 bits per heavy atom. The minimum absolute atomic E-state index is 0.0165. The molecule has 0 fully saturated rings. The highest BCUT2D eigenvalue weighted by Crippen LogP contribution is 2.20. The molecule has 124 valence electrons. The Balaban J connectivity index is 1.66. The smallest absolute Gasteiger partial charge is 0.226 e. The van der Waals surface area contributed by atoms with Gasteiger partial charge in [-0.25, -0.2) is 0 Å². The lowest BCUT2D eigenvalue weighted by Gasteiger charge is -2.08. The molecule has 1 heterocycles. The highest BCUT2D eigenvalue weighted by molar-refractivity contribution is 5.91. The Morgan fingerprint density at radius 1 is 1.17 bits per heavy atom. The zero-order valence-corrected chi connectivity index (χ0v) is 14.2. The summed E-state index contributed by atoms with van der Waals surface area (Å²) in [6.07, 6.45) is 2.16. The van der Waals surface area contributed by atoms with Gasteiger partial charge in [0, 0.05) is 17.5 Å². The number of amides is 1. The third-order valence-corrected chi connectivity index (χ3v) is 3.91. The minimum Gasteiger partial charge on any atom is -0.497 e. The third-order valence-electron chi connectivity index (χ3n) is 3.91. The zero-order chi connectivity index (χ0) is 17.1. The van der Waals surface area contributed by atoms with Crippen molar-refractivity contribution in [3.05, 3.63) is 53.7 Å². The number of aryl methyl sites for hydroxylation is 3. The maximum absolute atomic E-state index is 12.2. The van der Waals surface area contributed by atoms with Crippen molar-refractivity contribution in [2.45, 2.75) is 26.8 Å². The van der Waals surface area contributed by atoms with E-state index in [2.05, 4.69) is 16.5 Å². The highest BCUT2D eigenvalue weighted by atomic mass is 16.5. The number of aromatic nitrogens is 2. The summed E-state index contributed by atoms with van der Waals surface area (Å²) in [5, 5.41) is 8.32. The maximum Gasteiger partial charge on any atom is 0.226 e. The number of carbonyl (C=O) groups is 1. The zero-order valence-electron chi connectivity index (χ0n) is 14.2. The van der Waals surface area contributed by atoms with Gasteiger partial charge in [0.15, 0.2) is 0 Å². The van der Waals surface area contributed by atoms with Crippen molar-refractivity contribution in [2.75, 3.05) is 12.4 Å². The fourth-order valence-electron chi connectivity index (χ4n) is 2.85. The summed E-state index contributed by atoms with van der Waals surface area (Å²) in [5.41, 5.74) is 4.11. The van der Waals surface area contributed by atoms with E-state index in [1.54, 1.807) is 13.3 Å². The molecule has 0 saturated heterocycles. The average Bonchev–Trinajstić information content (AvgIpc) is 2.94. The van der Waals surface area contributed by atoms with E-state index in [1.165, 1.54) is 0 Å². The van der Waals surface area contributed by atoms with Crippen LogP contribution in [-0.4, -0.2) is 22.8 Å². The van der Waals surface area contributed by atoms with E-state index in [1.807, 2.05) is 48.9 Å². The van der Waals surface area contributed by atoms with Crippen LogP contribution in [0.25, 0.3) is 10.9 Å². The van der Waals surface area contributed by atoms with Crippen molar-refractivity contribution in [2.24, 2.45) is 0 Å². The van der Waals surface area contributed by atoms with Crippen molar-refractivity contribution in [1.29, 1.82) is 0 Å². The van der Waals surface area contributed by atoms with Gasteiger partial charge in [-0.05, 0) is 55.3 Å². The van der Waals surface area contributed by atoms with Crippen molar-refractivity contribution < 1.29 is 9.53 Å². The molecule has 0 saturated carbocycles. The first-order valence-electron chi connectivity index (χ1n) is 7.93. The summed E-state index contributed by atoms with van der Waals surface area (Å²) in [7, 11) is 1.64. The molecule has 0 radical (unpaired) electrons. The minimum atomic E-state index is -0.0165. The van der Waals surface area contributed by atoms with Crippen LogP contribution in [0.15, 0.2) is 42.6 Å². The third kappa shape index (κ3) is 3.56. The predicted molar refractivity (Wildman–Crippen MR) is 95.4 cm³/mol. The van der Waals surface area contributed by atoms with Crippen LogP contribution >= 0.6 is 0 Å². The Morgan fingerprint density at radius 3 is 2.62 bits per heavy atom. The van der Waals surface area contributed by atoms with Gasteiger partial charge in [-0.3, -0.25) is 9.48 Å². The number of carbonyl (C=O) groups excluding carboxylic acids is 1. The molecule has 0 bridgehead atoms. The summed E-state index contributed by atoms with van der Waals surface area (Å²) >= 11 is 0. The molecule has 3 rings (SSSR count). The van der Waals surface area contributed by atoms with E-state index in [4.69, 9.17) is 4.74 Å². The van der Waals surface area contributed by atoms with Gasteiger partial charge in [-0.15, -0.1) is 0 Å². The molecule has 0 spiro atoms. The number of hydrogen-bond donors (Lipinski definition) is 1. The van der Waals surface area contributed by atoms with E-state index in [-0.39, 0.29) is 5.91 Å². The Labute approximate surface area is 141 Å². The van der Waals surface area contributed by atoms with E-state index in [0.717, 1.165) is 33.5 Å². The topological polar surface area (TPSA) is 56.2 Å². The number of fused-ring (bicyclic) bond motifs is 1. The van der Waals surface area contributed by atoms with E-state index >= 15 is 0 Å². The second kappa shape index (κ2) is 6.74. The van der Waals surface area contributed by atoms with Crippen molar-refractivity contribution in [3.8, 4) is 5.75 Å². The number of hydrogen-bond acceptors (Lipinski definition) is 3. The number of ether oxygens (including phenoxy) is 1. The first kappa shape index (κ1) is 16.1. The quantitative estimate of drug-likeness (QED) is 0.779. The molecule has 0 aliphatic rings. The van der Waals surface area contributed by atoms with Crippen molar-refractivity contribution in [1.82, 2.24) is 9.78 Å². The molecule has 1 N–H and O–H groups in total. The summed E-state index contributed by atoms with van der Waals surface area (Å²) in [6, 6.07) is 11.8. The molecule has 1 amide bonds. The molecule has 2 aromatic carbocycles. The molecule has 0 aliphatic carbocycles. The molecular weight excluding hydrogens is 302 g/mol. The van der Waals surface area contributed by atoms with Crippen LogP contribution in [0.4, 0.5) is 5.69 Å². The average molecular weight is 323 g/mol. The van der Waals surface area contributed by atoms with Gasteiger partial charge in [0.25, 0.3) is 0 Å². The molecule has 0 aliphatic heterocycles. The van der Waals surface area contributed by atoms with Gasteiger partial charge in [-0.1, -0.05) is 6.07 Å². The van der Waals surface area contributed by atoms with Gasteiger partial charge in [0.1, 0.15) is 5.75 Å². The SMILES string of the molecule is COc1ccc2c(cnn2CCC(=O)Nc2cc(C)cc(C)c2)c1. The lowest BCUT2D eigenvalue weighted by atomic mass is 10.1. The second-order valence-corrected chi connectivity index (χ2v) is 5.97. The van der Waals surface area contributed by atoms with Gasteiger partial charge >= 0.3 is 0 Å². The van der Waals surface area contributed by atoms with Gasteiger partial charge in [-0.2, -0.15) is 5.10 Å². The van der Waals surface area contributed by atoms with Crippen LogP contribution in [0, 0.1) is 13.8 Å². The van der Waals surface area contributed by atoms with Crippen LogP contribution in [0.3, 0.4) is 0 Å². The molecule has 5 heteroatoms.